The second-order valence-corrected chi connectivity index (χ2v) is 8.33. The largest absolute Gasteiger partial charge is 0.350 e. The first-order valence-corrected chi connectivity index (χ1v) is 10.4. The number of fused-ring (bicyclic) bond motifs is 1. The zero-order valence-corrected chi connectivity index (χ0v) is 17.4. The molecule has 0 radical (unpaired) electrons. The first kappa shape index (κ1) is 20.1. The van der Waals surface area contributed by atoms with E-state index in [9.17, 15) is 14.4 Å². The Hall–Kier alpha value is -3.16. The Labute approximate surface area is 175 Å². The van der Waals surface area contributed by atoms with Crippen molar-refractivity contribution in [1.82, 2.24) is 25.3 Å². The average molecular weight is 409 g/mol. The number of benzene rings is 1. The van der Waals surface area contributed by atoms with Crippen LogP contribution in [0.3, 0.4) is 0 Å². The molecule has 1 aromatic heterocycles. The SMILES string of the molecule is CN1C(=O)c2cc(C(=O)NC3CCCC3)nn2CC1(C)C(=O)NCc1ccccc1. The van der Waals surface area contributed by atoms with Gasteiger partial charge in [-0.25, -0.2) is 0 Å². The minimum Gasteiger partial charge on any atom is -0.350 e. The van der Waals surface area contributed by atoms with E-state index in [4.69, 9.17) is 0 Å². The maximum Gasteiger partial charge on any atom is 0.272 e. The Morgan fingerprint density at radius 1 is 1.20 bits per heavy atom. The van der Waals surface area contributed by atoms with Gasteiger partial charge in [-0.2, -0.15) is 5.10 Å². The lowest BCUT2D eigenvalue weighted by Crippen LogP contribution is -2.62. The summed E-state index contributed by atoms with van der Waals surface area (Å²) in [7, 11) is 1.61. The molecule has 1 fully saturated rings. The van der Waals surface area contributed by atoms with Crippen LogP contribution in [0.25, 0.3) is 0 Å². The molecule has 2 N–H and O–H groups in total. The molecule has 158 valence electrons. The summed E-state index contributed by atoms with van der Waals surface area (Å²) in [4.78, 5) is 40.0. The van der Waals surface area contributed by atoms with Gasteiger partial charge in [-0.15, -0.1) is 0 Å². The predicted molar refractivity (Wildman–Crippen MR) is 111 cm³/mol. The topological polar surface area (TPSA) is 96.3 Å². The summed E-state index contributed by atoms with van der Waals surface area (Å²) in [5.74, 6) is -0.860. The Bertz CT molecular complexity index is 964. The van der Waals surface area contributed by atoms with Crippen LogP contribution >= 0.6 is 0 Å². The summed E-state index contributed by atoms with van der Waals surface area (Å²) in [5, 5.41) is 10.3. The number of rotatable bonds is 5. The summed E-state index contributed by atoms with van der Waals surface area (Å²) in [6, 6.07) is 11.3. The molecule has 1 aliphatic carbocycles. The molecule has 2 aromatic rings. The van der Waals surface area contributed by atoms with Gasteiger partial charge in [0.15, 0.2) is 5.69 Å². The molecule has 0 spiro atoms. The van der Waals surface area contributed by atoms with E-state index in [1.807, 2.05) is 30.3 Å². The van der Waals surface area contributed by atoms with Gasteiger partial charge in [-0.3, -0.25) is 19.1 Å². The Morgan fingerprint density at radius 3 is 2.60 bits per heavy atom. The van der Waals surface area contributed by atoms with E-state index in [2.05, 4.69) is 15.7 Å². The second kappa shape index (κ2) is 7.93. The highest BCUT2D eigenvalue weighted by atomic mass is 16.2. The van der Waals surface area contributed by atoms with E-state index >= 15 is 0 Å². The lowest BCUT2D eigenvalue weighted by Gasteiger charge is -2.40. The Morgan fingerprint density at radius 2 is 1.90 bits per heavy atom. The van der Waals surface area contributed by atoms with E-state index < -0.39 is 5.54 Å². The van der Waals surface area contributed by atoms with Crippen LogP contribution in [-0.2, 0) is 17.9 Å². The lowest BCUT2D eigenvalue weighted by atomic mass is 9.96. The number of amides is 3. The normalized spacial score (nSPS) is 21.4. The maximum atomic E-state index is 13.0. The lowest BCUT2D eigenvalue weighted by molar-refractivity contribution is -0.132. The van der Waals surface area contributed by atoms with Crippen molar-refractivity contribution in [3.8, 4) is 0 Å². The van der Waals surface area contributed by atoms with Gasteiger partial charge in [0.25, 0.3) is 11.8 Å². The fourth-order valence-corrected chi connectivity index (χ4v) is 4.14. The van der Waals surface area contributed by atoms with Crippen molar-refractivity contribution in [2.45, 2.75) is 57.3 Å². The van der Waals surface area contributed by atoms with Crippen molar-refractivity contribution in [3.05, 3.63) is 53.3 Å². The van der Waals surface area contributed by atoms with E-state index in [1.54, 1.807) is 14.0 Å². The highest BCUT2D eigenvalue weighted by molar-refractivity contribution is 6.01. The Balaban J connectivity index is 1.50. The van der Waals surface area contributed by atoms with E-state index in [-0.39, 0.29) is 36.0 Å². The number of hydrogen-bond acceptors (Lipinski definition) is 4. The van der Waals surface area contributed by atoms with Crippen LogP contribution in [0.15, 0.2) is 36.4 Å². The molecule has 1 atom stereocenters. The van der Waals surface area contributed by atoms with Crippen molar-refractivity contribution in [1.29, 1.82) is 0 Å². The summed E-state index contributed by atoms with van der Waals surface area (Å²) in [6.07, 6.45) is 4.18. The van der Waals surface area contributed by atoms with Gasteiger partial charge in [0, 0.05) is 25.7 Å². The third-order valence-corrected chi connectivity index (χ3v) is 6.21. The standard InChI is InChI=1S/C22H27N5O3/c1-22(21(30)23-13-15-8-4-3-5-9-15)14-27-18(20(29)26(22)2)12-17(25-27)19(28)24-16-10-6-7-11-16/h3-5,8-9,12,16H,6-7,10-11,13-14H2,1-2H3,(H,23,30)(H,24,28). The average Bonchev–Trinajstić information content (AvgIpc) is 3.41. The van der Waals surface area contributed by atoms with Crippen molar-refractivity contribution >= 4 is 17.7 Å². The zero-order chi connectivity index (χ0) is 21.3. The van der Waals surface area contributed by atoms with Crippen LogP contribution in [0.1, 0.15) is 59.1 Å². The molecule has 4 rings (SSSR count). The van der Waals surface area contributed by atoms with Gasteiger partial charge in [0.05, 0.1) is 6.54 Å². The molecule has 2 aliphatic rings. The molecule has 1 saturated carbocycles. The van der Waals surface area contributed by atoms with E-state index in [1.165, 1.54) is 15.6 Å². The highest BCUT2D eigenvalue weighted by Gasteiger charge is 2.46. The molecule has 3 amide bonds. The van der Waals surface area contributed by atoms with Crippen LogP contribution < -0.4 is 10.6 Å². The molecule has 1 aliphatic heterocycles. The number of carbonyl (C=O) groups is 3. The maximum absolute atomic E-state index is 13.0. The molecule has 30 heavy (non-hydrogen) atoms. The van der Waals surface area contributed by atoms with Gasteiger partial charge in [0.1, 0.15) is 11.2 Å². The molecule has 1 aromatic carbocycles. The summed E-state index contributed by atoms with van der Waals surface area (Å²) in [6.45, 7) is 2.27. The zero-order valence-electron chi connectivity index (χ0n) is 17.4. The van der Waals surface area contributed by atoms with Gasteiger partial charge >= 0.3 is 0 Å². The molecule has 2 heterocycles. The predicted octanol–water partition coefficient (Wildman–Crippen LogP) is 1.72. The first-order chi connectivity index (χ1) is 14.4. The molecule has 0 bridgehead atoms. The van der Waals surface area contributed by atoms with E-state index in [0.717, 1.165) is 31.2 Å². The second-order valence-electron chi connectivity index (χ2n) is 8.33. The van der Waals surface area contributed by atoms with Crippen molar-refractivity contribution in [3.63, 3.8) is 0 Å². The van der Waals surface area contributed by atoms with Gasteiger partial charge in [0.2, 0.25) is 5.91 Å². The fraction of sp³-hybridized carbons (Fsp3) is 0.455. The number of carbonyl (C=O) groups excluding carboxylic acids is 3. The first-order valence-electron chi connectivity index (χ1n) is 10.4. The minimum atomic E-state index is -1.11. The van der Waals surface area contributed by atoms with E-state index in [0.29, 0.717) is 12.2 Å². The number of hydrogen-bond donors (Lipinski definition) is 2. The third-order valence-electron chi connectivity index (χ3n) is 6.21. The number of nitrogens with one attached hydrogen (secondary N) is 2. The molecular weight excluding hydrogens is 382 g/mol. The minimum absolute atomic E-state index is 0.170. The highest BCUT2D eigenvalue weighted by Crippen LogP contribution is 2.26. The van der Waals surface area contributed by atoms with Gasteiger partial charge in [-0.05, 0) is 25.3 Å². The van der Waals surface area contributed by atoms with Crippen LogP contribution in [-0.4, -0.2) is 51.0 Å². The van der Waals surface area contributed by atoms with Crippen molar-refractivity contribution in [2.24, 2.45) is 0 Å². The number of nitrogens with zero attached hydrogens (tertiary/aromatic N) is 3. The van der Waals surface area contributed by atoms with Crippen LogP contribution in [0.4, 0.5) is 0 Å². The summed E-state index contributed by atoms with van der Waals surface area (Å²) < 4.78 is 1.48. The van der Waals surface area contributed by atoms with Crippen molar-refractivity contribution < 1.29 is 14.4 Å². The molecule has 8 heteroatoms. The quantitative estimate of drug-likeness (QED) is 0.786. The summed E-state index contributed by atoms with van der Waals surface area (Å²) in [5.41, 5.74) is 0.407. The number of likely N-dealkylation sites (N-methyl/N-ethyl adjacent to an activating group) is 1. The third kappa shape index (κ3) is 3.69. The molecular formula is C22H27N5O3. The molecule has 0 saturated heterocycles. The fourth-order valence-electron chi connectivity index (χ4n) is 4.14. The Kier molecular flexibility index (Phi) is 5.32. The molecule has 1 unspecified atom stereocenters. The molecule has 8 nitrogen and oxygen atoms in total. The van der Waals surface area contributed by atoms with Crippen molar-refractivity contribution in [2.75, 3.05) is 7.05 Å². The number of aromatic nitrogens is 2. The summed E-state index contributed by atoms with van der Waals surface area (Å²) >= 11 is 0. The van der Waals surface area contributed by atoms with Crippen LogP contribution in [0, 0.1) is 0 Å². The van der Waals surface area contributed by atoms with Crippen LogP contribution in [0.2, 0.25) is 0 Å². The van der Waals surface area contributed by atoms with Crippen LogP contribution in [0.5, 0.6) is 0 Å². The smallest absolute Gasteiger partial charge is 0.272 e. The monoisotopic (exact) mass is 409 g/mol. The van der Waals surface area contributed by atoms with Gasteiger partial charge < -0.3 is 15.5 Å². The van der Waals surface area contributed by atoms with Gasteiger partial charge in [-0.1, -0.05) is 43.2 Å².